The Morgan fingerprint density at radius 2 is 1.90 bits per heavy atom. The molecule has 3 nitrogen and oxygen atoms in total. The van der Waals surface area contributed by atoms with Crippen LogP contribution in [0.4, 0.5) is 5.69 Å². The van der Waals surface area contributed by atoms with Crippen molar-refractivity contribution in [2.75, 3.05) is 18.5 Å². The maximum absolute atomic E-state index is 12.0. The smallest absolute Gasteiger partial charge is 0.164 e. The maximum atomic E-state index is 12.0. The van der Waals surface area contributed by atoms with Crippen LogP contribution in [0.15, 0.2) is 54.6 Å². The molecule has 0 aromatic heterocycles. The first-order chi connectivity index (χ1) is 9.70. The quantitative estimate of drug-likeness (QED) is 0.778. The lowest BCUT2D eigenvalue weighted by molar-refractivity contribution is 0.0985. The van der Waals surface area contributed by atoms with E-state index in [0.717, 1.165) is 11.3 Å². The highest BCUT2D eigenvalue weighted by atomic mass is 16.1. The fourth-order valence-corrected chi connectivity index (χ4v) is 1.98. The molecule has 0 bridgehead atoms. The van der Waals surface area contributed by atoms with Crippen molar-refractivity contribution in [3.63, 3.8) is 0 Å². The van der Waals surface area contributed by atoms with Crippen LogP contribution in [0.2, 0.25) is 0 Å². The molecule has 3 heteroatoms. The van der Waals surface area contributed by atoms with Gasteiger partial charge in [0.05, 0.1) is 11.6 Å². The number of carbonyl (C=O) groups excluding carboxylic acids is 1. The van der Waals surface area contributed by atoms with Gasteiger partial charge in [0.1, 0.15) is 0 Å². The number of ketones is 1. The Kier molecular flexibility index (Phi) is 4.52. The summed E-state index contributed by atoms with van der Waals surface area (Å²) in [7, 11) is 1.93. The van der Waals surface area contributed by atoms with Gasteiger partial charge in [-0.15, -0.1) is 0 Å². The molecule has 0 saturated carbocycles. The Labute approximate surface area is 119 Å². The molecule has 20 heavy (non-hydrogen) atoms. The van der Waals surface area contributed by atoms with Crippen LogP contribution < -0.4 is 4.90 Å². The Hall–Kier alpha value is -2.60. The molecule has 0 aliphatic heterocycles. The number of nitrogens with zero attached hydrogens (tertiary/aromatic N) is 2. The molecule has 0 unspecified atom stereocenters. The van der Waals surface area contributed by atoms with Gasteiger partial charge in [0.2, 0.25) is 0 Å². The van der Waals surface area contributed by atoms with Crippen molar-refractivity contribution in [3.05, 3.63) is 65.7 Å². The van der Waals surface area contributed by atoms with Crippen LogP contribution in [0.5, 0.6) is 0 Å². The highest BCUT2D eigenvalue weighted by molar-refractivity contribution is 5.96. The van der Waals surface area contributed by atoms with Gasteiger partial charge in [0.25, 0.3) is 0 Å². The summed E-state index contributed by atoms with van der Waals surface area (Å²) in [5.41, 5.74) is 2.32. The zero-order valence-corrected chi connectivity index (χ0v) is 11.4. The van der Waals surface area contributed by atoms with Crippen molar-refractivity contribution in [2.45, 2.75) is 6.42 Å². The van der Waals surface area contributed by atoms with E-state index < -0.39 is 0 Å². The number of hydrogen-bond donors (Lipinski definition) is 0. The summed E-state index contributed by atoms with van der Waals surface area (Å²) >= 11 is 0. The van der Waals surface area contributed by atoms with Crippen LogP contribution in [0.1, 0.15) is 22.3 Å². The molecule has 0 fully saturated rings. The van der Waals surface area contributed by atoms with Gasteiger partial charge in [-0.1, -0.05) is 36.4 Å². The van der Waals surface area contributed by atoms with Gasteiger partial charge in [0, 0.05) is 31.3 Å². The summed E-state index contributed by atoms with van der Waals surface area (Å²) in [6.07, 6.45) is 0.456. The normalized spacial score (nSPS) is 9.80. The molecule has 0 radical (unpaired) electrons. The van der Waals surface area contributed by atoms with Crippen LogP contribution in [-0.4, -0.2) is 19.4 Å². The summed E-state index contributed by atoms with van der Waals surface area (Å²) in [5.74, 6) is 0.133. The number of nitriles is 1. The van der Waals surface area contributed by atoms with Crippen molar-refractivity contribution >= 4 is 11.5 Å². The molecule has 2 aromatic rings. The minimum Gasteiger partial charge on any atom is -0.374 e. The molecule has 0 aliphatic rings. The zero-order valence-electron chi connectivity index (χ0n) is 11.4. The monoisotopic (exact) mass is 264 g/mol. The van der Waals surface area contributed by atoms with Crippen molar-refractivity contribution in [2.24, 2.45) is 0 Å². The van der Waals surface area contributed by atoms with E-state index in [0.29, 0.717) is 18.5 Å². The molecule has 0 amide bonds. The molecule has 0 atom stereocenters. The van der Waals surface area contributed by atoms with E-state index in [9.17, 15) is 4.79 Å². The van der Waals surface area contributed by atoms with Crippen molar-refractivity contribution in [3.8, 4) is 6.07 Å². The van der Waals surface area contributed by atoms with E-state index in [1.165, 1.54) is 0 Å². The molecule has 0 N–H and O–H groups in total. The number of hydrogen-bond acceptors (Lipinski definition) is 3. The Morgan fingerprint density at radius 1 is 1.15 bits per heavy atom. The standard InChI is InChI=1S/C17H16N2O/c1-19(16-9-5-6-14(12-16)13-18)11-10-17(20)15-7-3-2-4-8-15/h2-9,12H,10-11H2,1H3. The SMILES string of the molecule is CN(CCC(=O)c1ccccc1)c1cccc(C#N)c1. The first-order valence-corrected chi connectivity index (χ1v) is 6.50. The Morgan fingerprint density at radius 3 is 2.60 bits per heavy atom. The summed E-state index contributed by atoms with van der Waals surface area (Å²) in [6, 6.07) is 18.8. The van der Waals surface area contributed by atoms with Crippen LogP contribution in [0, 0.1) is 11.3 Å². The minimum absolute atomic E-state index is 0.133. The van der Waals surface area contributed by atoms with Gasteiger partial charge < -0.3 is 4.90 Å². The molecule has 0 saturated heterocycles. The third kappa shape index (κ3) is 3.46. The second kappa shape index (κ2) is 6.53. The molecular formula is C17H16N2O. The average Bonchev–Trinajstić information content (AvgIpc) is 2.53. The highest BCUT2D eigenvalue weighted by Gasteiger charge is 2.08. The van der Waals surface area contributed by atoms with Gasteiger partial charge in [-0.2, -0.15) is 5.26 Å². The summed E-state index contributed by atoms with van der Waals surface area (Å²) < 4.78 is 0. The molecule has 2 aromatic carbocycles. The van der Waals surface area contributed by atoms with Gasteiger partial charge in [0.15, 0.2) is 5.78 Å². The van der Waals surface area contributed by atoms with E-state index in [4.69, 9.17) is 5.26 Å². The third-order valence-electron chi connectivity index (χ3n) is 3.19. The van der Waals surface area contributed by atoms with E-state index >= 15 is 0 Å². The molecule has 2 rings (SSSR count). The predicted molar refractivity (Wildman–Crippen MR) is 79.8 cm³/mol. The summed E-state index contributed by atoms with van der Waals surface area (Å²) in [4.78, 5) is 14.0. The maximum Gasteiger partial charge on any atom is 0.164 e. The van der Waals surface area contributed by atoms with Gasteiger partial charge in [-0.05, 0) is 18.2 Å². The summed E-state index contributed by atoms with van der Waals surface area (Å²) in [6.45, 7) is 0.628. The third-order valence-corrected chi connectivity index (χ3v) is 3.19. The number of rotatable bonds is 5. The van der Waals surface area contributed by atoms with E-state index in [2.05, 4.69) is 6.07 Å². The van der Waals surface area contributed by atoms with Gasteiger partial charge in [-0.3, -0.25) is 4.79 Å². The molecule has 0 heterocycles. The fourth-order valence-electron chi connectivity index (χ4n) is 1.98. The first kappa shape index (κ1) is 13.8. The van der Waals surface area contributed by atoms with Crippen molar-refractivity contribution in [1.29, 1.82) is 5.26 Å². The second-order valence-electron chi connectivity index (χ2n) is 4.62. The fraction of sp³-hybridized carbons (Fsp3) is 0.176. The van der Waals surface area contributed by atoms with Crippen LogP contribution in [0.3, 0.4) is 0 Å². The largest absolute Gasteiger partial charge is 0.374 e. The van der Waals surface area contributed by atoms with Crippen molar-refractivity contribution < 1.29 is 4.79 Å². The predicted octanol–water partition coefficient (Wildman–Crippen LogP) is 3.27. The number of anilines is 1. The Bertz CT molecular complexity index is 629. The number of carbonyl (C=O) groups is 1. The minimum atomic E-state index is 0.133. The van der Waals surface area contributed by atoms with Crippen LogP contribution >= 0.6 is 0 Å². The van der Waals surface area contributed by atoms with E-state index in [1.54, 1.807) is 6.07 Å². The first-order valence-electron chi connectivity index (χ1n) is 6.50. The van der Waals surface area contributed by atoms with Crippen LogP contribution in [-0.2, 0) is 0 Å². The van der Waals surface area contributed by atoms with Crippen LogP contribution in [0.25, 0.3) is 0 Å². The van der Waals surface area contributed by atoms with E-state index in [1.807, 2.05) is 60.5 Å². The molecule has 100 valence electrons. The lowest BCUT2D eigenvalue weighted by atomic mass is 10.1. The lowest BCUT2D eigenvalue weighted by Gasteiger charge is -2.19. The van der Waals surface area contributed by atoms with Crippen molar-refractivity contribution in [1.82, 2.24) is 0 Å². The lowest BCUT2D eigenvalue weighted by Crippen LogP contribution is -2.21. The number of benzene rings is 2. The Balaban J connectivity index is 1.97. The molecule has 0 aliphatic carbocycles. The molecular weight excluding hydrogens is 248 g/mol. The topological polar surface area (TPSA) is 44.1 Å². The summed E-state index contributed by atoms with van der Waals surface area (Å²) in [5, 5.41) is 8.89. The highest BCUT2D eigenvalue weighted by Crippen LogP contribution is 2.15. The zero-order chi connectivity index (χ0) is 14.4. The van der Waals surface area contributed by atoms with Gasteiger partial charge >= 0.3 is 0 Å². The number of Topliss-reactive ketones (excluding diaryl/α,β-unsaturated/α-hetero) is 1. The average molecular weight is 264 g/mol. The second-order valence-corrected chi connectivity index (χ2v) is 4.62. The van der Waals surface area contributed by atoms with E-state index in [-0.39, 0.29) is 5.78 Å². The molecule has 0 spiro atoms. The van der Waals surface area contributed by atoms with Gasteiger partial charge in [-0.25, -0.2) is 0 Å².